The average Bonchev–Trinajstić information content (AvgIpc) is 3.18. The second kappa shape index (κ2) is 7.56. The molecule has 2 amide bonds. The number of carbonyl (C=O) groups excluding carboxylic acids is 1. The van der Waals surface area contributed by atoms with Crippen LogP contribution in [0.25, 0.3) is 11.0 Å². The van der Waals surface area contributed by atoms with Crippen LogP contribution in [0.1, 0.15) is 17.5 Å². The third kappa shape index (κ3) is 3.93. The third-order valence-electron chi connectivity index (χ3n) is 3.78. The number of thioether (sulfide) groups is 1. The maximum atomic E-state index is 12.3. The number of hydrogen-bond donors (Lipinski definition) is 1. The van der Waals surface area contributed by atoms with Gasteiger partial charge in [-0.3, -0.25) is 0 Å². The van der Waals surface area contributed by atoms with E-state index < -0.39 is 0 Å². The second-order valence-electron chi connectivity index (χ2n) is 5.63. The summed E-state index contributed by atoms with van der Waals surface area (Å²) >= 11 is 1.61. The number of rotatable bonds is 6. The van der Waals surface area contributed by atoms with Gasteiger partial charge in [-0.15, -0.1) is 0 Å². The van der Waals surface area contributed by atoms with Gasteiger partial charge in [-0.1, -0.05) is 17.3 Å². The van der Waals surface area contributed by atoms with Gasteiger partial charge in [-0.05, 0) is 18.4 Å². The van der Waals surface area contributed by atoms with Crippen molar-refractivity contribution in [3.05, 3.63) is 41.8 Å². The smallest absolute Gasteiger partial charge is 0.317 e. The SMILES string of the molecule is CSCc1noc(CNC(=O)N(C)Cc2nc3ccccc3n2C)n1. The first-order valence-corrected chi connectivity index (χ1v) is 9.17. The molecule has 3 aromatic rings. The van der Waals surface area contributed by atoms with Crippen LogP contribution in [0.2, 0.25) is 0 Å². The Labute approximate surface area is 149 Å². The molecule has 2 aromatic heterocycles. The number of carbonyl (C=O) groups is 1. The summed E-state index contributed by atoms with van der Waals surface area (Å²) in [6.45, 7) is 0.603. The zero-order valence-corrected chi connectivity index (χ0v) is 15.2. The molecule has 0 saturated carbocycles. The number of urea groups is 1. The van der Waals surface area contributed by atoms with E-state index in [1.807, 2.05) is 42.1 Å². The molecule has 1 aromatic carbocycles. The van der Waals surface area contributed by atoms with E-state index in [1.165, 1.54) is 0 Å². The highest BCUT2D eigenvalue weighted by molar-refractivity contribution is 7.97. The number of para-hydroxylation sites is 2. The van der Waals surface area contributed by atoms with E-state index in [0.717, 1.165) is 16.9 Å². The Hall–Kier alpha value is -2.55. The van der Waals surface area contributed by atoms with Gasteiger partial charge >= 0.3 is 6.03 Å². The number of nitrogens with one attached hydrogen (secondary N) is 1. The Balaban J connectivity index is 1.59. The fraction of sp³-hybridized carbons (Fsp3) is 0.375. The lowest BCUT2D eigenvalue weighted by Gasteiger charge is -2.17. The van der Waals surface area contributed by atoms with Gasteiger partial charge in [0.15, 0.2) is 5.82 Å². The largest absolute Gasteiger partial charge is 0.337 e. The van der Waals surface area contributed by atoms with E-state index in [1.54, 1.807) is 23.7 Å². The molecule has 0 aliphatic rings. The van der Waals surface area contributed by atoms with Crippen LogP contribution >= 0.6 is 11.8 Å². The number of imidazole rings is 1. The van der Waals surface area contributed by atoms with E-state index in [4.69, 9.17) is 4.52 Å². The molecule has 0 aliphatic carbocycles. The van der Waals surface area contributed by atoms with E-state index in [-0.39, 0.29) is 12.6 Å². The van der Waals surface area contributed by atoms with Gasteiger partial charge in [0.1, 0.15) is 5.82 Å². The van der Waals surface area contributed by atoms with E-state index >= 15 is 0 Å². The average molecular weight is 360 g/mol. The first-order chi connectivity index (χ1) is 12.1. The van der Waals surface area contributed by atoms with Gasteiger partial charge in [0.25, 0.3) is 0 Å². The normalized spacial score (nSPS) is 11.0. The first kappa shape index (κ1) is 17.3. The molecule has 9 heteroatoms. The molecular weight excluding hydrogens is 340 g/mol. The van der Waals surface area contributed by atoms with Crippen LogP contribution in [-0.4, -0.2) is 43.9 Å². The number of aryl methyl sites for hydroxylation is 1. The van der Waals surface area contributed by atoms with Crippen LogP contribution < -0.4 is 5.32 Å². The van der Waals surface area contributed by atoms with Crippen molar-refractivity contribution >= 4 is 28.8 Å². The van der Waals surface area contributed by atoms with Crippen molar-refractivity contribution in [2.24, 2.45) is 7.05 Å². The Morgan fingerprint density at radius 2 is 2.16 bits per heavy atom. The molecule has 25 heavy (non-hydrogen) atoms. The summed E-state index contributed by atoms with van der Waals surface area (Å²) in [6.07, 6.45) is 1.97. The van der Waals surface area contributed by atoms with Gasteiger partial charge in [0.05, 0.1) is 29.9 Å². The number of nitrogens with zero attached hydrogens (tertiary/aromatic N) is 5. The first-order valence-electron chi connectivity index (χ1n) is 7.78. The van der Waals surface area contributed by atoms with E-state index in [2.05, 4.69) is 20.4 Å². The minimum Gasteiger partial charge on any atom is -0.337 e. The zero-order chi connectivity index (χ0) is 17.8. The van der Waals surface area contributed by atoms with Gasteiger partial charge in [0, 0.05) is 14.1 Å². The Kier molecular flexibility index (Phi) is 5.22. The van der Waals surface area contributed by atoms with Crippen molar-refractivity contribution in [3.63, 3.8) is 0 Å². The highest BCUT2D eigenvalue weighted by Crippen LogP contribution is 2.15. The fourth-order valence-electron chi connectivity index (χ4n) is 2.46. The lowest BCUT2D eigenvalue weighted by atomic mass is 10.3. The molecule has 0 fully saturated rings. The van der Waals surface area contributed by atoms with Crippen molar-refractivity contribution in [3.8, 4) is 0 Å². The molecular formula is C16H20N6O2S. The van der Waals surface area contributed by atoms with Crippen molar-refractivity contribution in [2.45, 2.75) is 18.8 Å². The van der Waals surface area contributed by atoms with Crippen LogP contribution in [0, 0.1) is 0 Å². The lowest BCUT2D eigenvalue weighted by Crippen LogP contribution is -2.37. The number of amides is 2. The molecule has 0 unspecified atom stereocenters. The molecule has 1 N–H and O–H groups in total. The van der Waals surface area contributed by atoms with Gasteiger partial charge in [-0.25, -0.2) is 9.78 Å². The number of aromatic nitrogens is 4. The van der Waals surface area contributed by atoms with Gasteiger partial charge in [-0.2, -0.15) is 16.7 Å². The quantitative estimate of drug-likeness (QED) is 0.725. The maximum absolute atomic E-state index is 12.3. The van der Waals surface area contributed by atoms with Crippen LogP contribution in [0.5, 0.6) is 0 Å². The standard InChI is InChI=1S/C16H20N6O2S/c1-21(9-14-18-11-6-4-5-7-12(11)22(14)2)16(23)17-8-15-19-13(10-25-3)20-24-15/h4-7H,8-10H2,1-3H3,(H,17,23). The molecule has 8 nitrogen and oxygen atoms in total. The molecule has 0 saturated heterocycles. The monoisotopic (exact) mass is 360 g/mol. The summed E-state index contributed by atoms with van der Waals surface area (Å²) in [7, 11) is 3.67. The molecule has 0 radical (unpaired) electrons. The van der Waals surface area contributed by atoms with Crippen molar-refractivity contribution in [1.29, 1.82) is 0 Å². The van der Waals surface area contributed by atoms with Crippen LogP contribution in [0.3, 0.4) is 0 Å². The molecule has 0 bridgehead atoms. The van der Waals surface area contributed by atoms with Gasteiger partial charge < -0.3 is 19.3 Å². The van der Waals surface area contributed by atoms with Crippen LogP contribution in [0.4, 0.5) is 4.79 Å². The predicted molar refractivity (Wildman–Crippen MR) is 95.9 cm³/mol. The summed E-state index contributed by atoms with van der Waals surface area (Å²) in [4.78, 5) is 22.6. The van der Waals surface area contributed by atoms with Crippen molar-refractivity contribution in [2.75, 3.05) is 13.3 Å². The third-order valence-corrected chi connectivity index (χ3v) is 4.33. The Morgan fingerprint density at radius 3 is 2.92 bits per heavy atom. The van der Waals surface area contributed by atoms with Crippen molar-refractivity contribution in [1.82, 2.24) is 29.9 Å². The Bertz CT molecular complexity index is 875. The van der Waals surface area contributed by atoms with Crippen LogP contribution in [-0.2, 0) is 25.9 Å². The van der Waals surface area contributed by atoms with Crippen molar-refractivity contribution < 1.29 is 9.32 Å². The summed E-state index contributed by atoms with van der Waals surface area (Å²) in [5, 5.41) is 6.62. The lowest BCUT2D eigenvalue weighted by molar-refractivity contribution is 0.203. The minimum absolute atomic E-state index is 0.201. The van der Waals surface area contributed by atoms with Gasteiger partial charge in [0.2, 0.25) is 5.89 Å². The minimum atomic E-state index is -0.225. The van der Waals surface area contributed by atoms with E-state index in [0.29, 0.717) is 24.0 Å². The second-order valence-corrected chi connectivity index (χ2v) is 6.49. The summed E-state index contributed by atoms with van der Waals surface area (Å²) < 4.78 is 7.09. The summed E-state index contributed by atoms with van der Waals surface area (Å²) in [6, 6.07) is 7.66. The van der Waals surface area contributed by atoms with Crippen LogP contribution in [0.15, 0.2) is 28.8 Å². The Morgan fingerprint density at radius 1 is 1.36 bits per heavy atom. The predicted octanol–water partition coefficient (Wildman–Crippen LogP) is 2.16. The summed E-state index contributed by atoms with van der Waals surface area (Å²) in [5.74, 6) is 2.53. The highest BCUT2D eigenvalue weighted by Gasteiger charge is 2.15. The zero-order valence-electron chi connectivity index (χ0n) is 14.4. The topological polar surface area (TPSA) is 89.1 Å². The molecule has 0 aliphatic heterocycles. The summed E-state index contributed by atoms with van der Waals surface area (Å²) in [5.41, 5.74) is 1.96. The molecule has 2 heterocycles. The molecule has 0 spiro atoms. The fourth-order valence-corrected chi connectivity index (χ4v) is 2.83. The number of hydrogen-bond acceptors (Lipinski definition) is 6. The number of fused-ring (bicyclic) bond motifs is 1. The highest BCUT2D eigenvalue weighted by atomic mass is 32.2. The maximum Gasteiger partial charge on any atom is 0.317 e. The van der Waals surface area contributed by atoms with E-state index in [9.17, 15) is 4.79 Å². The molecule has 3 rings (SSSR count). The number of benzene rings is 1. The molecule has 132 valence electrons. The molecule has 0 atom stereocenters.